The molecule has 0 atom stereocenters. The van der Waals surface area contributed by atoms with E-state index in [0.717, 1.165) is 39.5 Å². The number of nitrogens with one attached hydrogen (secondary N) is 1. The summed E-state index contributed by atoms with van der Waals surface area (Å²) in [5.41, 5.74) is 0. The van der Waals surface area contributed by atoms with E-state index in [1.165, 1.54) is 12.8 Å². The van der Waals surface area contributed by atoms with E-state index in [1.54, 1.807) is 0 Å². The second-order valence-corrected chi connectivity index (χ2v) is 2.91. The molecule has 80 valence electrons. The zero-order valence-corrected chi connectivity index (χ0v) is 8.97. The van der Waals surface area contributed by atoms with Crippen molar-refractivity contribution < 1.29 is 9.47 Å². The lowest BCUT2D eigenvalue weighted by Crippen LogP contribution is -2.24. The maximum absolute atomic E-state index is 5.38. The van der Waals surface area contributed by atoms with Gasteiger partial charge in [-0.05, 0) is 13.3 Å². The zero-order valence-electron chi connectivity index (χ0n) is 8.97. The first kappa shape index (κ1) is 12.9. The van der Waals surface area contributed by atoms with Crippen LogP contribution in [-0.2, 0) is 9.47 Å². The highest BCUT2D eigenvalue weighted by molar-refractivity contribution is 4.44. The Bertz CT molecular complexity index is 79.0. The highest BCUT2D eigenvalue weighted by atomic mass is 16.5. The van der Waals surface area contributed by atoms with Gasteiger partial charge < -0.3 is 14.8 Å². The second kappa shape index (κ2) is 11.9. The molecule has 0 aliphatic carbocycles. The fourth-order valence-corrected chi connectivity index (χ4v) is 0.906. The average molecular weight is 189 g/mol. The quantitative estimate of drug-likeness (QED) is 0.527. The summed E-state index contributed by atoms with van der Waals surface area (Å²) in [5.74, 6) is 0. The van der Waals surface area contributed by atoms with E-state index >= 15 is 0 Å². The van der Waals surface area contributed by atoms with Crippen molar-refractivity contribution in [3.8, 4) is 0 Å². The van der Waals surface area contributed by atoms with Gasteiger partial charge in [0.25, 0.3) is 0 Å². The first-order valence-electron chi connectivity index (χ1n) is 5.28. The molecule has 0 saturated heterocycles. The Morgan fingerprint density at radius 2 is 1.62 bits per heavy atom. The molecular formula is C10H23NO2. The van der Waals surface area contributed by atoms with Gasteiger partial charge in [0.15, 0.2) is 0 Å². The Kier molecular flexibility index (Phi) is 11.8. The van der Waals surface area contributed by atoms with Crippen molar-refractivity contribution in [3.05, 3.63) is 0 Å². The molecule has 0 spiro atoms. The fourth-order valence-electron chi connectivity index (χ4n) is 0.906. The van der Waals surface area contributed by atoms with Crippen LogP contribution in [0.15, 0.2) is 0 Å². The number of hydrogen-bond acceptors (Lipinski definition) is 3. The molecule has 0 fully saturated rings. The molecule has 3 nitrogen and oxygen atoms in total. The maximum atomic E-state index is 5.38. The third kappa shape index (κ3) is 11.9. The first-order valence-corrected chi connectivity index (χ1v) is 5.28. The molecule has 0 heterocycles. The normalized spacial score (nSPS) is 10.6. The molecule has 0 aliphatic heterocycles. The predicted molar refractivity (Wildman–Crippen MR) is 55.1 cm³/mol. The van der Waals surface area contributed by atoms with Crippen LogP contribution in [0.3, 0.4) is 0 Å². The van der Waals surface area contributed by atoms with Crippen molar-refractivity contribution in [2.75, 3.05) is 39.5 Å². The van der Waals surface area contributed by atoms with Gasteiger partial charge in [0.1, 0.15) is 0 Å². The Balaban J connectivity index is 2.76. The Hall–Kier alpha value is -0.120. The van der Waals surface area contributed by atoms with Crippen molar-refractivity contribution >= 4 is 0 Å². The summed E-state index contributed by atoms with van der Waals surface area (Å²) < 4.78 is 10.6. The highest BCUT2D eigenvalue weighted by Gasteiger charge is 1.88. The smallest absolute Gasteiger partial charge is 0.0590 e. The van der Waals surface area contributed by atoms with Crippen molar-refractivity contribution in [1.29, 1.82) is 0 Å². The number of rotatable bonds is 10. The standard InChI is InChI=1S/C10H23NO2/c1-3-5-8-13-10-7-11-6-9-12-4-2/h11H,3-10H2,1-2H3. The molecule has 0 radical (unpaired) electrons. The molecule has 0 rings (SSSR count). The predicted octanol–water partition coefficient (Wildman–Crippen LogP) is 1.43. The van der Waals surface area contributed by atoms with E-state index in [0.29, 0.717) is 0 Å². The van der Waals surface area contributed by atoms with Gasteiger partial charge in [-0.15, -0.1) is 0 Å². The molecule has 1 N–H and O–H groups in total. The number of hydrogen-bond donors (Lipinski definition) is 1. The first-order chi connectivity index (χ1) is 6.41. The largest absolute Gasteiger partial charge is 0.380 e. The van der Waals surface area contributed by atoms with Crippen molar-refractivity contribution in [2.24, 2.45) is 0 Å². The van der Waals surface area contributed by atoms with Crippen LogP contribution in [0.4, 0.5) is 0 Å². The van der Waals surface area contributed by atoms with Crippen LogP contribution in [0.1, 0.15) is 26.7 Å². The van der Waals surface area contributed by atoms with Gasteiger partial charge in [-0.25, -0.2) is 0 Å². The van der Waals surface area contributed by atoms with Gasteiger partial charge in [0, 0.05) is 26.3 Å². The topological polar surface area (TPSA) is 30.5 Å². The van der Waals surface area contributed by atoms with E-state index in [1.807, 2.05) is 6.92 Å². The summed E-state index contributed by atoms with van der Waals surface area (Å²) in [6, 6.07) is 0. The molecule has 3 heteroatoms. The van der Waals surface area contributed by atoms with Crippen molar-refractivity contribution in [1.82, 2.24) is 5.32 Å². The highest BCUT2D eigenvalue weighted by Crippen LogP contribution is 1.86. The molecule has 0 unspecified atom stereocenters. The van der Waals surface area contributed by atoms with Gasteiger partial charge in [-0.2, -0.15) is 0 Å². The Morgan fingerprint density at radius 1 is 0.923 bits per heavy atom. The van der Waals surface area contributed by atoms with Gasteiger partial charge in [-0.3, -0.25) is 0 Å². The monoisotopic (exact) mass is 189 g/mol. The zero-order chi connectivity index (χ0) is 9.78. The van der Waals surface area contributed by atoms with Crippen LogP contribution in [0.2, 0.25) is 0 Å². The van der Waals surface area contributed by atoms with Crippen molar-refractivity contribution in [2.45, 2.75) is 26.7 Å². The Morgan fingerprint density at radius 3 is 2.23 bits per heavy atom. The van der Waals surface area contributed by atoms with E-state index < -0.39 is 0 Å². The lowest BCUT2D eigenvalue weighted by atomic mass is 10.4. The van der Waals surface area contributed by atoms with E-state index in [4.69, 9.17) is 9.47 Å². The second-order valence-electron chi connectivity index (χ2n) is 2.91. The minimum absolute atomic E-state index is 0.797. The minimum atomic E-state index is 0.797. The van der Waals surface area contributed by atoms with Crippen LogP contribution >= 0.6 is 0 Å². The molecular weight excluding hydrogens is 166 g/mol. The van der Waals surface area contributed by atoms with Gasteiger partial charge in [-0.1, -0.05) is 13.3 Å². The SMILES string of the molecule is CCCCOCCNCCOCC. The fraction of sp³-hybridized carbons (Fsp3) is 1.00. The molecule has 0 aromatic heterocycles. The van der Waals surface area contributed by atoms with Crippen LogP contribution in [0.5, 0.6) is 0 Å². The van der Waals surface area contributed by atoms with Gasteiger partial charge >= 0.3 is 0 Å². The number of ether oxygens (including phenoxy) is 2. The minimum Gasteiger partial charge on any atom is -0.380 e. The van der Waals surface area contributed by atoms with Crippen LogP contribution in [0.25, 0.3) is 0 Å². The van der Waals surface area contributed by atoms with E-state index in [-0.39, 0.29) is 0 Å². The third-order valence-electron chi connectivity index (χ3n) is 1.69. The lowest BCUT2D eigenvalue weighted by molar-refractivity contribution is 0.124. The average Bonchev–Trinajstić information content (AvgIpc) is 2.16. The summed E-state index contributed by atoms with van der Waals surface area (Å²) in [6.07, 6.45) is 2.37. The summed E-state index contributed by atoms with van der Waals surface area (Å²) in [6.45, 7) is 9.33. The van der Waals surface area contributed by atoms with E-state index in [9.17, 15) is 0 Å². The molecule has 0 amide bonds. The summed E-state index contributed by atoms with van der Waals surface area (Å²) in [5, 5.41) is 3.25. The summed E-state index contributed by atoms with van der Waals surface area (Å²) in [7, 11) is 0. The van der Waals surface area contributed by atoms with Crippen molar-refractivity contribution in [3.63, 3.8) is 0 Å². The van der Waals surface area contributed by atoms with Crippen LogP contribution in [0, 0.1) is 0 Å². The summed E-state index contributed by atoms with van der Waals surface area (Å²) >= 11 is 0. The number of unbranched alkanes of at least 4 members (excludes halogenated alkanes) is 1. The molecule has 0 aromatic carbocycles. The van der Waals surface area contributed by atoms with Crippen LogP contribution in [-0.4, -0.2) is 39.5 Å². The third-order valence-corrected chi connectivity index (χ3v) is 1.69. The van der Waals surface area contributed by atoms with Gasteiger partial charge in [0.2, 0.25) is 0 Å². The summed E-state index contributed by atoms with van der Waals surface area (Å²) in [4.78, 5) is 0. The molecule has 13 heavy (non-hydrogen) atoms. The molecule has 0 aliphatic rings. The Labute approximate surface area is 81.8 Å². The van der Waals surface area contributed by atoms with E-state index in [2.05, 4.69) is 12.2 Å². The maximum Gasteiger partial charge on any atom is 0.0590 e. The lowest BCUT2D eigenvalue weighted by Gasteiger charge is -2.05. The van der Waals surface area contributed by atoms with Crippen LogP contribution < -0.4 is 5.32 Å². The van der Waals surface area contributed by atoms with Gasteiger partial charge in [0.05, 0.1) is 13.2 Å². The molecule has 0 aromatic rings. The molecule has 0 bridgehead atoms. The molecule has 0 saturated carbocycles.